The molecule has 0 unspecified atom stereocenters. The van der Waals surface area contributed by atoms with Crippen molar-refractivity contribution in [2.45, 2.75) is 11.3 Å². The molecular weight excluding hydrogens is 242 g/mol. The fourth-order valence-electron chi connectivity index (χ4n) is 1.39. The van der Waals surface area contributed by atoms with E-state index < -0.39 is 9.84 Å². The maximum absolute atomic E-state index is 11.4. The van der Waals surface area contributed by atoms with E-state index in [-0.39, 0.29) is 4.34 Å². The van der Waals surface area contributed by atoms with Gasteiger partial charge in [-0.15, -0.1) is 11.3 Å². The van der Waals surface area contributed by atoms with Crippen LogP contribution in [0, 0.1) is 6.92 Å². The summed E-state index contributed by atoms with van der Waals surface area (Å²) in [6.45, 7) is 1.83. The minimum Gasteiger partial charge on any atom is -0.230 e. The van der Waals surface area contributed by atoms with E-state index in [1.807, 2.05) is 37.3 Å². The summed E-state index contributed by atoms with van der Waals surface area (Å²) in [7, 11) is -3.21. The molecule has 0 atom stereocenters. The van der Waals surface area contributed by atoms with Gasteiger partial charge in [-0.2, -0.15) is 0 Å². The van der Waals surface area contributed by atoms with E-state index in [1.165, 1.54) is 17.6 Å². The smallest absolute Gasteiger partial charge is 0.209 e. The van der Waals surface area contributed by atoms with Crippen LogP contribution in [0.4, 0.5) is 0 Å². The lowest BCUT2D eigenvalue weighted by molar-refractivity contribution is 0.601. The first-order valence-corrected chi connectivity index (χ1v) is 7.42. The topological polar surface area (TPSA) is 47.0 Å². The average Bonchev–Trinajstić information content (AvgIpc) is 2.61. The van der Waals surface area contributed by atoms with Crippen LogP contribution in [0.3, 0.4) is 0 Å². The van der Waals surface area contributed by atoms with Crippen LogP contribution in [0.5, 0.6) is 0 Å². The molecule has 0 aliphatic carbocycles. The van der Waals surface area contributed by atoms with Crippen molar-refractivity contribution in [2.75, 3.05) is 6.26 Å². The second kappa shape index (κ2) is 3.99. The van der Waals surface area contributed by atoms with E-state index in [4.69, 9.17) is 0 Å². The van der Waals surface area contributed by atoms with Crippen molar-refractivity contribution >= 4 is 21.2 Å². The molecule has 0 amide bonds. The van der Waals surface area contributed by atoms with E-state index in [9.17, 15) is 8.42 Å². The lowest BCUT2D eigenvalue weighted by Crippen LogP contribution is -1.95. The van der Waals surface area contributed by atoms with Crippen molar-refractivity contribution in [3.8, 4) is 10.4 Å². The Morgan fingerprint density at radius 2 is 1.81 bits per heavy atom. The van der Waals surface area contributed by atoms with Gasteiger partial charge in [-0.05, 0) is 12.5 Å². The molecule has 1 aromatic carbocycles. The number of hydrogen-bond acceptors (Lipinski definition) is 4. The van der Waals surface area contributed by atoms with E-state index in [0.29, 0.717) is 0 Å². The summed E-state index contributed by atoms with van der Waals surface area (Å²) in [6, 6.07) is 9.68. The molecule has 0 fully saturated rings. The van der Waals surface area contributed by atoms with Crippen molar-refractivity contribution in [2.24, 2.45) is 0 Å². The molecular formula is C11H11NO2S2. The molecule has 84 valence electrons. The van der Waals surface area contributed by atoms with Gasteiger partial charge in [-0.1, -0.05) is 30.3 Å². The van der Waals surface area contributed by atoms with Crippen molar-refractivity contribution in [1.29, 1.82) is 0 Å². The molecule has 1 aromatic heterocycles. The summed E-state index contributed by atoms with van der Waals surface area (Å²) in [4.78, 5) is 5.01. The number of hydrogen-bond donors (Lipinski definition) is 0. The molecule has 0 saturated carbocycles. The Balaban J connectivity index is 2.57. The van der Waals surface area contributed by atoms with Gasteiger partial charge in [0.05, 0.1) is 10.6 Å². The van der Waals surface area contributed by atoms with Gasteiger partial charge in [0.2, 0.25) is 14.2 Å². The quantitative estimate of drug-likeness (QED) is 0.826. The minimum atomic E-state index is -3.21. The van der Waals surface area contributed by atoms with Gasteiger partial charge in [0, 0.05) is 6.26 Å². The van der Waals surface area contributed by atoms with Crippen LogP contribution < -0.4 is 0 Å². The number of thiazole rings is 1. The molecule has 0 aliphatic rings. The number of rotatable bonds is 2. The average molecular weight is 253 g/mol. The number of sulfone groups is 1. The van der Waals surface area contributed by atoms with Crippen LogP contribution in [0.25, 0.3) is 10.4 Å². The Kier molecular flexibility index (Phi) is 2.82. The predicted octanol–water partition coefficient (Wildman–Crippen LogP) is 2.52. The highest BCUT2D eigenvalue weighted by molar-refractivity contribution is 7.92. The Labute approximate surface area is 98.7 Å². The second-order valence-electron chi connectivity index (χ2n) is 3.53. The van der Waals surface area contributed by atoms with Crippen LogP contribution in [0.1, 0.15) is 5.69 Å². The van der Waals surface area contributed by atoms with Gasteiger partial charge in [0.1, 0.15) is 0 Å². The number of nitrogens with zero attached hydrogens (tertiary/aromatic N) is 1. The summed E-state index contributed by atoms with van der Waals surface area (Å²) in [5.74, 6) is 0. The highest BCUT2D eigenvalue weighted by Crippen LogP contribution is 2.31. The maximum Gasteiger partial charge on any atom is 0.209 e. The monoisotopic (exact) mass is 253 g/mol. The van der Waals surface area contributed by atoms with Crippen molar-refractivity contribution < 1.29 is 8.42 Å². The predicted molar refractivity (Wildman–Crippen MR) is 65.4 cm³/mol. The first-order valence-electron chi connectivity index (χ1n) is 4.71. The molecule has 0 saturated heterocycles. The molecule has 16 heavy (non-hydrogen) atoms. The van der Waals surface area contributed by atoms with Crippen LogP contribution in [-0.4, -0.2) is 19.7 Å². The zero-order chi connectivity index (χ0) is 11.8. The SMILES string of the molecule is Cc1nc(S(C)(=O)=O)sc1-c1ccccc1. The van der Waals surface area contributed by atoms with E-state index >= 15 is 0 Å². The van der Waals surface area contributed by atoms with Gasteiger partial charge in [0.15, 0.2) is 0 Å². The molecule has 2 rings (SSSR count). The minimum absolute atomic E-state index is 0.184. The second-order valence-corrected chi connectivity index (χ2v) is 6.72. The Bertz CT molecular complexity index is 600. The largest absolute Gasteiger partial charge is 0.230 e. The van der Waals surface area contributed by atoms with E-state index in [0.717, 1.165) is 16.1 Å². The van der Waals surface area contributed by atoms with E-state index in [1.54, 1.807) is 0 Å². The molecule has 0 bridgehead atoms. The Hall–Kier alpha value is -1.20. The normalized spacial score (nSPS) is 11.6. The van der Waals surface area contributed by atoms with Crippen molar-refractivity contribution in [3.63, 3.8) is 0 Å². The number of aromatic nitrogens is 1. The summed E-state index contributed by atoms with van der Waals surface area (Å²) < 4.78 is 22.9. The summed E-state index contributed by atoms with van der Waals surface area (Å²) in [5, 5.41) is 0. The zero-order valence-corrected chi connectivity index (χ0v) is 10.6. The molecule has 0 N–H and O–H groups in total. The number of aryl methyl sites for hydroxylation is 1. The Morgan fingerprint density at radius 3 is 2.31 bits per heavy atom. The highest BCUT2D eigenvalue weighted by atomic mass is 32.2. The van der Waals surface area contributed by atoms with Gasteiger partial charge in [-0.25, -0.2) is 13.4 Å². The molecule has 0 radical (unpaired) electrons. The van der Waals surface area contributed by atoms with Crippen LogP contribution in [-0.2, 0) is 9.84 Å². The lowest BCUT2D eigenvalue weighted by Gasteiger charge is -1.96. The molecule has 3 nitrogen and oxygen atoms in total. The van der Waals surface area contributed by atoms with Crippen molar-refractivity contribution in [3.05, 3.63) is 36.0 Å². The highest BCUT2D eigenvalue weighted by Gasteiger charge is 2.16. The van der Waals surface area contributed by atoms with Gasteiger partial charge < -0.3 is 0 Å². The van der Waals surface area contributed by atoms with E-state index in [2.05, 4.69) is 4.98 Å². The third-order valence-electron chi connectivity index (χ3n) is 2.13. The number of benzene rings is 1. The standard InChI is InChI=1S/C11H11NO2S2/c1-8-10(9-6-4-3-5-7-9)15-11(12-8)16(2,13)14/h3-7H,1-2H3. The summed E-state index contributed by atoms with van der Waals surface area (Å²) in [5.41, 5.74) is 1.77. The first-order chi connectivity index (χ1) is 7.48. The molecule has 2 aromatic rings. The third kappa shape index (κ3) is 2.15. The maximum atomic E-state index is 11.4. The van der Waals surface area contributed by atoms with Crippen LogP contribution in [0.2, 0.25) is 0 Å². The summed E-state index contributed by atoms with van der Waals surface area (Å²) >= 11 is 1.22. The fourth-order valence-corrected chi connectivity index (χ4v) is 3.35. The lowest BCUT2D eigenvalue weighted by atomic mass is 10.2. The molecule has 0 spiro atoms. The zero-order valence-electron chi connectivity index (χ0n) is 8.97. The Morgan fingerprint density at radius 1 is 1.19 bits per heavy atom. The van der Waals surface area contributed by atoms with Crippen LogP contribution in [0.15, 0.2) is 34.7 Å². The van der Waals surface area contributed by atoms with Gasteiger partial charge >= 0.3 is 0 Å². The van der Waals surface area contributed by atoms with Crippen LogP contribution >= 0.6 is 11.3 Å². The van der Waals surface area contributed by atoms with Gasteiger partial charge in [0.25, 0.3) is 0 Å². The molecule has 0 aliphatic heterocycles. The summed E-state index contributed by atoms with van der Waals surface area (Å²) in [6.07, 6.45) is 1.18. The van der Waals surface area contributed by atoms with Gasteiger partial charge in [-0.3, -0.25) is 0 Å². The molecule has 1 heterocycles. The third-order valence-corrected chi connectivity index (χ3v) is 5.02. The fraction of sp³-hybridized carbons (Fsp3) is 0.182. The van der Waals surface area contributed by atoms with Crippen molar-refractivity contribution in [1.82, 2.24) is 4.98 Å². The first kappa shape index (κ1) is 11.3. The molecule has 5 heteroatoms.